The summed E-state index contributed by atoms with van der Waals surface area (Å²) in [4.78, 5) is 0. The van der Waals surface area contributed by atoms with Crippen molar-refractivity contribution in [2.45, 2.75) is 0 Å². The maximum Gasteiger partial charge on any atom is -0.00203 e. The lowest BCUT2D eigenvalue weighted by atomic mass is 9.89. The van der Waals surface area contributed by atoms with E-state index in [-0.39, 0.29) is 0 Å². The molecule has 0 amide bonds. The Bertz CT molecular complexity index is 1680. The average Bonchev–Trinajstić information content (AvgIpc) is 2.76. The smallest absolute Gasteiger partial charge is 0.00203 e. The van der Waals surface area contributed by atoms with Gasteiger partial charge in [-0.3, -0.25) is 0 Å². The summed E-state index contributed by atoms with van der Waals surface area (Å²) < 4.78 is 0. The van der Waals surface area contributed by atoms with Crippen LogP contribution in [0.4, 0.5) is 0 Å². The SMILES string of the molecule is c1ccc2c(c1)ccc1cc3cc4ccc5cccc6ccc(c3cc12)c4c56. The normalized spacial score (nSPS) is 12.3. The van der Waals surface area contributed by atoms with Crippen molar-refractivity contribution >= 4 is 64.6 Å². The summed E-state index contributed by atoms with van der Waals surface area (Å²) in [5.74, 6) is 0. The van der Waals surface area contributed by atoms with Gasteiger partial charge in [-0.2, -0.15) is 0 Å². The maximum atomic E-state index is 2.40. The highest BCUT2D eigenvalue weighted by atomic mass is 14.2. The first-order valence-electron chi connectivity index (χ1n) is 9.79. The molecule has 0 heteroatoms. The Morgan fingerprint density at radius 3 is 1.86 bits per heavy atom. The topological polar surface area (TPSA) is 0 Å². The van der Waals surface area contributed by atoms with Crippen LogP contribution >= 0.6 is 0 Å². The fourth-order valence-electron chi connectivity index (χ4n) is 5.05. The van der Waals surface area contributed by atoms with Crippen LogP contribution in [0.15, 0.2) is 97.1 Å². The van der Waals surface area contributed by atoms with Gasteiger partial charge in [0.2, 0.25) is 0 Å². The largest absolute Gasteiger partial charge is 0.0616 e. The third kappa shape index (κ3) is 1.75. The van der Waals surface area contributed by atoms with Crippen LogP contribution in [-0.4, -0.2) is 0 Å². The van der Waals surface area contributed by atoms with Crippen molar-refractivity contribution in [2.75, 3.05) is 0 Å². The van der Waals surface area contributed by atoms with Crippen LogP contribution in [0.25, 0.3) is 64.6 Å². The molecule has 0 nitrogen and oxygen atoms in total. The molecule has 128 valence electrons. The molecule has 0 radical (unpaired) electrons. The Kier molecular flexibility index (Phi) is 2.57. The van der Waals surface area contributed by atoms with E-state index in [1.807, 2.05) is 0 Å². The predicted molar refractivity (Wildman–Crippen MR) is 123 cm³/mol. The van der Waals surface area contributed by atoms with Crippen LogP contribution in [0.2, 0.25) is 0 Å². The molecule has 0 atom stereocenters. The van der Waals surface area contributed by atoms with E-state index in [1.165, 1.54) is 64.6 Å². The van der Waals surface area contributed by atoms with Gasteiger partial charge in [0, 0.05) is 0 Å². The molecule has 0 saturated carbocycles. The Labute approximate surface area is 162 Å². The van der Waals surface area contributed by atoms with Crippen molar-refractivity contribution in [1.82, 2.24) is 0 Å². The zero-order valence-corrected chi connectivity index (χ0v) is 15.2. The van der Waals surface area contributed by atoms with Crippen molar-refractivity contribution in [3.8, 4) is 0 Å². The molecule has 0 heterocycles. The van der Waals surface area contributed by atoms with Gasteiger partial charge in [0.15, 0.2) is 0 Å². The zero-order valence-electron chi connectivity index (χ0n) is 15.2. The second-order valence-corrected chi connectivity index (χ2v) is 7.81. The van der Waals surface area contributed by atoms with Crippen molar-refractivity contribution in [2.24, 2.45) is 0 Å². The molecule has 0 saturated heterocycles. The van der Waals surface area contributed by atoms with E-state index in [1.54, 1.807) is 0 Å². The average molecular weight is 352 g/mol. The van der Waals surface area contributed by atoms with Gasteiger partial charge < -0.3 is 0 Å². The summed E-state index contributed by atoms with van der Waals surface area (Å²) in [5, 5.41) is 16.0. The fourth-order valence-corrected chi connectivity index (χ4v) is 5.05. The second-order valence-electron chi connectivity index (χ2n) is 7.81. The molecule has 7 aromatic carbocycles. The van der Waals surface area contributed by atoms with Crippen LogP contribution in [-0.2, 0) is 0 Å². The van der Waals surface area contributed by atoms with Gasteiger partial charge in [0.25, 0.3) is 0 Å². The van der Waals surface area contributed by atoms with Crippen molar-refractivity contribution in [1.29, 1.82) is 0 Å². The minimum Gasteiger partial charge on any atom is -0.0616 e. The summed E-state index contributed by atoms with van der Waals surface area (Å²) in [6.45, 7) is 0. The molecular weight excluding hydrogens is 336 g/mol. The molecular formula is C28H16. The summed E-state index contributed by atoms with van der Waals surface area (Å²) in [7, 11) is 0. The van der Waals surface area contributed by atoms with Gasteiger partial charge in [0.1, 0.15) is 0 Å². The maximum absolute atomic E-state index is 2.40. The van der Waals surface area contributed by atoms with E-state index in [0.717, 1.165) is 0 Å². The molecule has 0 aromatic heterocycles. The van der Waals surface area contributed by atoms with Crippen LogP contribution in [0.5, 0.6) is 0 Å². The third-order valence-electron chi connectivity index (χ3n) is 6.33. The number of benzene rings is 7. The molecule has 0 unspecified atom stereocenters. The lowest BCUT2D eigenvalue weighted by molar-refractivity contribution is 1.79. The monoisotopic (exact) mass is 352 g/mol. The Morgan fingerprint density at radius 1 is 0.286 bits per heavy atom. The highest BCUT2D eigenvalue weighted by Gasteiger charge is 2.12. The number of hydrogen-bond acceptors (Lipinski definition) is 0. The van der Waals surface area contributed by atoms with Crippen molar-refractivity contribution in [3.63, 3.8) is 0 Å². The molecule has 0 bridgehead atoms. The first-order valence-corrected chi connectivity index (χ1v) is 9.79. The molecule has 0 N–H and O–H groups in total. The lowest BCUT2D eigenvalue weighted by Crippen LogP contribution is -1.86. The van der Waals surface area contributed by atoms with Gasteiger partial charge in [-0.15, -0.1) is 0 Å². The first-order chi connectivity index (χ1) is 13.9. The van der Waals surface area contributed by atoms with Gasteiger partial charge >= 0.3 is 0 Å². The number of hydrogen-bond donors (Lipinski definition) is 0. The van der Waals surface area contributed by atoms with E-state index in [4.69, 9.17) is 0 Å². The Hall–Kier alpha value is -3.64. The molecule has 0 aliphatic heterocycles. The minimum atomic E-state index is 1.30. The molecule has 0 fully saturated rings. The first kappa shape index (κ1) is 14.4. The highest BCUT2D eigenvalue weighted by Crippen LogP contribution is 2.40. The fraction of sp³-hybridized carbons (Fsp3) is 0. The summed E-state index contributed by atoms with van der Waals surface area (Å²) in [5.41, 5.74) is 0. The van der Waals surface area contributed by atoms with E-state index in [2.05, 4.69) is 97.1 Å². The molecule has 0 aliphatic rings. The van der Waals surface area contributed by atoms with E-state index in [9.17, 15) is 0 Å². The quantitative estimate of drug-likeness (QED) is 0.191. The van der Waals surface area contributed by atoms with E-state index < -0.39 is 0 Å². The van der Waals surface area contributed by atoms with Crippen LogP contribution in [0.1, 0.15) is 0 Å². The van der Waals surface area contributed by atoms with Crippen LogP contribution in [0.3, 0.4) is 0 Å². The highest BCUT2D eigenvalue weighted by molar-refractivity contribution is 6.30. The van der Waals surface area contributed by atoms with Gasteiger partial charge in [-0.25, -0.2) is 0 Å². The zero-order chi connectivity index (χ0) is 18.2. The lowest BCUT2D eigenvalue weighted by Gasteiger charge is -2.14. The standard InChI is InChI=1S/C28H16/c1-2-7-23-17(4-1)8-10-20-14-22-15-21-11-9-18-5-3-6-19-12-13-24(28(21)27(18)19)26(22)16-25(20)23/h1-16H. The van der Waals surface area contributed by atoms with E-state index in [0.29, 0.717) is 0 Å². The second kappa shape index (κ2) is 4.99. The van der Waals surface area contributed by atoms with Gasteiger partial charge in [-0.05, 0) is 82.8 Å². The van der Waals surface area contributed by atoms with Gasteiger partial charge in [-0.1, -0.05) is 78.9 Å². The van der Waals surface area contributed by atoms with Crippen molar-refractivity contribution < 1.29 is 0 Å². The molecule has 0 spiro atoms. The molecule has 28 heavy (non-hydrogen) atoms. The third-order valence-corrected chi connectivity index (χ3v) is 6.33. The number of fused-ring (bicyclic) bond motifs is 5. The molecule has 0 aliphatic carbocycles. The Morgan fingerprint density at radius 2 is 0.929 bits per heavy atom. The summed E-state index contributed by atoms with van der Waals surface area (Å²) in [6.07, 6.45) is 0. The van der Waals surface area contributed by atoms with E-state index >= 15 is 0 Å². The van der Waals surface area contributed by atoms with Crippen LogP contribution < -0.4 is 0 Å². The minimum absolute atomic E-state index is 1.30. The van der Waals surface area contributed by atoms with Crippen molar-refractivity contribution in [3.05, 3.63) is 97.1 Å². The van der Waals surface area contributed by atoms with Crippen LogP contribution in [0, 0.1) is 0 Å². The Balaban J connectivity index is 1.77. The molecule has 7 aromatic rings. The molecule has 7 rings (SSSR count). The predicted octanol–water partition coefficient (Wildman–Crippen LogP) is 8.04. The van der Waals surface area contributed by atoms with Gasteiger partial charge in [0.05, 0.1) is 0 Å². The number of rotatable bonds is 0. The summed E-state index contributed by atoms with van der Waals surface area (Å²) >= 11 is 0. The summed E-state index contributed by atoms with van der Waals surface area (Å²) in [6, 6.07) is 36.0.